The first-order valence-corrected chi connectivity index (χ1v) is 8.97. The van der Waals surface area contributed by atoms with Gasteiger partial charge in [0.15, 0.2) is 0 Å². The van der Waals surface area contributed by atoms with Gasteiger partial charge in [0.2, 0.25) is 0 Å². The third-order valence-corrected chi connectivity index (χ3v) is 5.04. The highest BCUT2D eigenvalue weighted by Crippen LogP contribution is 2.31. The number of piperazine rings is 1. The number of phenolic OH excluding ortho intramolecular Hbond substituents is 1. The Labute approximate surface area is 155 Å². The number of nitrogens with zero attached hydrogens (tertiary/aromatic N) is 2. The summed E-state index contributed by atoms with van der Waals surface area (Å²) in [7, 11) is 1.66. The summed E-state index contributed by atoms with van der Waals surface area (Å²) >= 11 is 3.30. The average Bonchev–Trinajstić information content (AvgIpc) is 2.64. The Bertz CT molecular complexity index is 786. The van der Waals surface area contributed by atoms with Crippen molar-refractivity contribution in [3.8, 4) is 11.5 Å². The van der Waals surface area contributed by atoms with Gasteiger partial charge in [-0.05, 0) is 52.7 Å². The number of phenols is 1. The molecule has 1 aliphatic heterocycles. The van der Waals surface area contributed by atoms with Crippen molar-refractivity contribution in [2.24, 2.45) is 0 Å². The number of amides is 1. The van der Waals surface area contributed by atoms with E-state index in [2.05, 4.69) is 20.8 Å². The Morgan fingerprint density at radius 1 is 1.16 bits per heavy atom. The highest BCUT2D eigenvalue weighted by Gasteiger charge is 2.26. The fourth-order valence-electron chi connectivity index (χ4n) is 3.11. The van der Waals surface area contributed by atoms with Crippen LogP contribution in [0.5, 0.6) is 11.5 Å². The van der Waals surface area contributed by atoms with E-state index in [1.165, 1.54) is 0 Å². The van der Waals surface area contributed by atoms with E-state index in [9.17, 15) is 9.90 Å². The number of halogens is 1. The molecule has 0 saturated carbocycles. The predicted molar refractivity (Wildman–Crippen MR) is 102 cm³/mol. The second-order valence-electron chi connectivity index (χ2n) is 6.09. The van der Waals surface area contributed by atoms with E-state index in [0.29, 0.717) is 23.1 Å². The maximum Gasteiger partial charge on any atom is 0.257 e. The van der Waals surface area contributed by atoms with E-state index in [1.54, 1.807) is 24.1 Å². The molecule has 132 valence electrons. The first-order valence-electron chi connectivity index (χ1n) is 8.17. The van der Waals surface area contributed by atoms with Crippen LogP contribution < -0.4 is 9.64 Å². The average molecular weight is 405 g/mol. The number of carbonyl (C=O) groups excluding carboxylic acids is 1. The molecule has 25 heavy (non-hydrogen) atoms. The molecule has 0 spiro atoms. The van der Waals surface area contributed by atoms with Crippen LogP contribution >= 0.6 is 15.9 Å². The van der Waals surface area contributed by atoms with Gasteiger partial charge >= 0.3 is 0 Å². The molecule has 1 saturated heterocycles. The minimum Gasteiger partial charge on any atom is -0.506 e. The van der Waals surface area contributed by atoms with Crippen LogP contribution in [0.25, 0.3) is 0 Å². The predicted octanol–water partition coefficient (Wildman–Crippen LogP) is 3.43. The van der Waals surface area contributed by atoms with E-state index in [1.807, 2.05) is 31.2 Å². The van der Waals surface area contributed by atoms with Crippen LogP contribution in [0.4, 0.5) is 5.69 Å². The lowest BCUT2D eigenvalue weighted by Crippen LogP contribution is -2.48. The summed E-state index contributed by atoms with van der Waals surface area (Å²) in [5, 5.41) is 10.2. The zero-order chi connectivity index (χ0) is 18.0. The number of benzene rings is 2. The molecule has 0 aromatic heterocycles. The maximum atomic E-state index is 12.8. The zero-order valence-electron chi connectivity index (χ0n) is 14.3. The van der Waals surface area contributed by atoms with Crippen molar-refractivity contribution in [3.63, 3.8) is 0 Å². The first kappa shape index (κ1) is 17.6. The quantitative estimate of drug-likeness (QED) is 0.850. The molecule has 1 amide bonds. The molecule has 1 aliphatic rings. The van der Waals surface area contributed by atoms with Crippen molar-refractivity contribution in [3.05, 3.63) is 52.0 Å². The van der Waals surface area contributed by atoms with E-state index >= 15 is 0 Å². The Morgan fingerprint density at radius 2 is 1.84 bits per heavy atom. The van der Waals surface area contributed by atoms with Crippen molar-refractivity contribution in [1.82, 2.24) is 4.90 Å². The highest BCUT2D eigenvalue weighted by molar-refractivity contribution is 9.10. The largest absolute Gasteiger partial charge is 0.506 e. The number of methoxy groups -OCH3 is 1. The van der Waals surface area contributed by atoms with E-state index < -0.39 is 0 Å². The van der Waals surface area contributed by atoms with E-state index in [-0.39, 0.29) is 11.7 Å². The number of ether oxygens (including phenoxy) is 1. The Morgan fingerprint density at radius 3 is 2.52 bits per heavy atom. The van der Waals surface area contributed by atoms with Gasteiger partial charge < -0.3 is 19.6 Å². The molecule has 3 rings (SSSR count). The fourth-order valence-corrected chi connectivity index (χ4v) is 3.68. The molecule has 0 atom stereocenters. The summed E-state index contributed by atoms with van der Waals surface area (Å²) in [6, 6.07) is 11.4. The minimum absolute atomic E-state index is 0.00255. The first-order chi connectivity index (χ1) is 12.0. The van der Waals surface area contributed by atoms with Crippen LogP contribution in [0.3, 0.4) is 0 Å². The van der Waals surface area contributed by atoms with Crippen molar-refractivity contribution in [1.29, 1.82) is 0 Å². The minimum atomic E-state index is -0.137. The van der Waals surface area contributed by atoms with Gasteiger partial charge in [0.25, 0.3) is 5.91 Å². The molecular formula is C19H21BrN2O3. The lowest BCUT2D eigenvalue weighted by atomic mass is 10.1. The SMILES string of the molecule is COc1ccccc1N1CCN(C(=O)c2cc(C)cc(Br)c2O)CC1. The van der Waals surface area contributed by atoms with Crippen molar-refractivity contribution in [2.45, 2.75) is 6.92 Å². The van der Waals surface area contributed by atoms with Gasteiger partial charge in [-0.1, -0.05) is 12.1 Å². The summed E-state index contributed by atoms with van der Waals surface area (Å²) in [5.41, 5.74) is 2.32. The Hall–Kier alpha value is -2.21. The van der Waals surface area contributed by atoms with Crippen molar-refractivity contribution < 1.29 is 14.6 Å². The summed E-state index contributed by atoms with van der Waals surface area (Å²) in [6.45, 7) is 4.55. The lowest BCUT2D eigenvalue weighted by Gasteiger charge is -2.36. The van der Waals surface area contributed by atoms with Gasteiger partial charge in [0.1, 0.15) is 11.5 Å². The molecule has 1 fully saturated rings. The summed E-state index contributed by atoms with van der Waals surface area (Å²) in [4.78, 5) is 16.8. The number of anilines is 1. The molecule has 5 nitrogen and oxygen atoms in total. The van der Waals surface area contributed by atoms with Gasteiger partial charge in [-0.3, -0.25) is 4.79 Å². The van der Waals surface area contributed by atoms with Crippen LogP contribution in [-0.2, 0) is 0 Å². The highest BCUT2D eigenvalue weighted by atomic mass is 79.9. The van der Waals surface area contributed by atoms with Gasteiger partial charge in [-0.25, -0.2) is 0 Å². The van der Waals surface area contributed by atoms with Gasteiger partial charge in [-0.2, -0.15) is 0 Å². The number of rotatable bonds is 3. The zero-order valence-corrected chi connectivity index (χ0v) is 15.9. The Kier molecular flexibility index (Phi) is 5.18. The maximum absolute atomic E-state index is 12.8. The standard InChI is InChI=1S/C19H21BrN2O3/c1-13-11-14(18(23)15(20)12-13)19(24)22-9-7-21(8-10-22)16-5-3-4-6-17(16)25-2/h3-6,11-12,23H,7-10H2,1-2H3. The van der Waals surface area contributed by atoms with Crippen molar-refractivity contribution >= 4 is 27.5 Å². The third kappa shape index (κ3) is 3.58. The molecule has 0 radical (unpaired) electrons. The topological polar surface area (TPSA) is 53.0 Å². The molecule has 6 heteroatoms. The van der Waals surface area contributed by atoms with E-state index in [0.717, 1.165) is 30.1 Å². The van der Waals surface area contributed by atoms with Crippen LogP contribution in [0.2, 0.25) is 0 Å². The second-order valence-corrected chi connectivity index (χ2v) is 6.95. The summed E-state index contributed by atoms with van der Waals surface area (Å²) in [5.74, 6) is 0.701. The molecule has 1 N–H and O–H groups in total. The second kappa shape index (κ2) is 7.35. The van der Waals surface area contributed by atoms with E-state index in [4.69, 9.17) is 4.74 Å². The monoisotopic (exact) mass is 404 g/mol. The molecule has 2 aromatic rings. The normalized spacial score (nSPS) is 14.5. The number of hydrogen-bond acceptors (Lipinski definition) is 4. The third-order valence-electron chi connectivity index (χ3n) is 4.43. The summed E-state index contributed by atoms with van der Waals surface area (Å²) in [6.07, 6.45) is 0. The Balaban J connectivity index is 1.73. The molecule has 1 heterocycles. The number of aromatic hydroxyl groups is 1. The molecule has 0 bridgehead atoms. The molecular weight excluding hydrogens is 384 g/mol. The molecule has 2 aromatic carbocycles. The number of hydrogen-bond donors (Lipinski definition) is 1. The number of carbonyl (C=O) groups is 1. The van der Waals surface area contributed by atoms with Crippen LogP contribution in [0.1, 0.15) is 15.9 Å². The lowest BCUT2D eigenvalue weighted by molar-refractivity contribution is 0.0743. The van der Waals surface area contributed by atoms with Crippen molar-refractivity contribution in [2.75, 3.05) is 38.2 Å². The van der Waals surface area contributed by atoms with Crippen LogP contribution in [0.15, 0.2) is 40.9 Å². The van der Waals surface area contributed by atoms with Gasteiger partial charge in [0.05, 0.1) is 22.8 Å². The van der Waals surface area contributed by atoms with Crippen LogP contribution in [0, 0.1) is 6.92 Å². The smallest absolute Gasteiger partial charge is 0.257 e. The number of para-hydroxylation sites is 2. The summed E-state index contributed by atoms with van der Waals surface area (Å²) < 4.78 is 5.97. The molecule has 0 unspecified atom stereocenters. The molecule has 0 aliphatic carbocycles. The van der Waals surface area contributed by atoms with Gasteiger partial charge in [0, 0.05) is 26.2 Å². The van der Waals surface area contributed by atoms with Gasteiger partial charge in [-0.15, -0.1) is 0 Å². The number of aryl methyl sites for hydroxylation is 1. The van der Waals surface area contributed by atoms with Crippen LogP contribution in [-0.4, -0.2) is 49.2 Å². The fraction of sp³-hybridized carbons (Fsp3) is 0.316.